The first-order chi connectivity index (χ1) is 12.1. The van der Waals surface area contributed by atoms with E-state index < -0.39 is 0 Å². The highest BCUT2D eigenvalue weighted by atomic mass is 16.5. The van der Waals surface area contributed by atoms with Crippen LogP contribution in [-0.4, -0.2) is 6.21 Å². The fourth-order valence-corrected chi connectivity index (χ4v) is 2.56. The first-order valence-electron chi connectivity index (χ1n) is 8.37. The lowest BCUT2D eigenvalue weighted by Crippen LogP contribution is -2.04. The van der Waals surface area contributed by atoms with Gasteiger partial charge in [-0.15, -0.1) is 0 Å². The van der Waals surface area contributed by atoms with Crippen molar-refractivity contribution in [3.8, 4) is 0 Å². The summed E-state index contributed by atoms with van der Waals surface area (Å²) in [5.41, 5.74) is 4.15. The summed E-state index contributed by atoms with van der Waals surface area (Å²) in [5, 5.41) is 0. The first-order valence-corrected chi connectivity index (χ1v) is 8.37. The maximum Gasteiger partial charge on any atom is 0.112 e. The highest BCUT2D eigenvalue weighted by molar-refractivity contribution is 5.62. The van der Waals surface area contributed by atoms with E-state index in [4.69, 9.17) is 4.74 Å². The number of ether oxygens (including phenoxy) is 1. The molecule has 0 saturated heterocycles. The van der Waals surface area contributed by atoms with Gasteiger partial charge in [0.1, 0.15) is 12.0 Å². The van der Waals surface area contributed by atoms with Crippen LogP contribution < -0.4 is 0 Å². The van der Waals surface area contributed by atoms with Gasteiger partial charge in [0.2, 0.25) is 0 Å². The van der Waals surface area contributed by atoms with Crippen molar-refractivity contribution in [1.29, 1.82) is 0 Å². The van der Waals surface area contributed by atoms with E-state index in [1.54, 1.807) is 6.26 Å². The second-order valence-electron chi connectivity index (χ2n) is 6.03. The molecule has 2 aromatic carbocycles. The maximum atomic E-state index is 5.75. The fourth-order valence-electron chi connectivity index (χ4n) is 2.56. The summed E-state index contributed by atoms with van der Waals surface area (Å²) in [7, 11) is 0. The Kier molecular flexibility index (Phi) is 6.97. The van der Waals surface area contributed by atoms with E-state index in [9.17, 15) is 0 Å². The lowest BCUT2D eigenvalue weighted by atomic mass is 9.91. The van der Waals surface area contributed by atoms with Gasteiger partial charge in [0, 0.05) is 12.6 Å². The van der Waals surface area contributed by atoms with Crippen LogP contribution in [0, 0.1) is 0 Å². The summed E-state index contributed by atoms with van der Waals surface area (Å²) in [4.78, 5) is 4.42. The van der Waals surface area contributed by atoms with Crippen LogP contribution in [0.4, 0.5) is 0 Å². The minimum Gasteiger partial charge on any atom is -0.467 e. The predicted molar refractivity (Wildman–Crippen MR) is 107 cm³/mol. The SMILES string of the molecule is C=C(C)C(C(=C)OC=C(C)N=CCc1ccccc1)c1ccccc1. The Morgan fingerprint density at radius 2 is 1.60 bits per heavy atom. The molecule has 1 unspecified atom stereocenters. The standard InChI is InChI=1S/C23H25NO/c1-18(2)23(22-13-9-6-10-14-22)20(4)25-17-19(3)24-16-15-21-11-7-5-8-12-21/h5-14,16-17,23H,1,4,15H2,2-3H3. The number of allylic oxidation sites excluding steroid dienone is 2. The van der Waals surface area contributed by atoms with Crippen LogP contribution in [0.2, 0.25) is 0 Å². The molecule has 2 aromatic rings. The number of benzene rings is 2. The van der Waals surface area contributed by atoms with Crippen LogP contribution in [0.25, 0.3) is 0 Å². The molecule has 128 valence electrons. The Morgan fingerprint density at radius 1 is 1.00 bits per heavy atom. The first kappa shape index (κ1) is 18.5. The van der Waals surface area contributed by atoms with E-state index in [1.165, 1.54) is 5.56 Å². The molecule has 0 N–H and O–H groups in total. The van der Waals surface area contributed by atoms with E-state index in [-0.39, 0.29) is 5.92 Å². The number of nitrogens with zero attached hydrogens (tertiary/aromatic N) is 1. The number of hydrogen-bond donors (Lipinski definition) is 0. The van der Waals surface area contributed by atoms with Crippen molar-refractivity contribution in [3.05, 3.63) is 108 Å². The van der Waals surface area contributed by atoms with Gasteiger partial charge in [-0.3, -0.25) is 4.99 Å². The second kappa shape index (κ2) is 9.43. The Balaban J connectivity index is 1.96. The minimum absolute atomic E-state index is 0.0291. The zero-order valence-corrected chi connectivity index (χ0v) is 15.0. The number of hydrogen-bond acceptors (Lipinski definition) is 2. The summed E-state index contributed by atoms with van der Waals surface area (Å²) < 4.78 is 5.75. The quantitative estimate of drug-likeness (QED) is 0.328. The van der Waals surface area contributed by atoms with Gasteiger partial charge in [-0.1, -0.05) is 79.4 Å². The van der Waals surface area contributed by atoms with Gasteiger partial charge < -0.3 is 4.74 Å². The molecule has 2 heteroatoms. The maximum absolute atomic E-state index is 5.75. The van der Waals surface area contributed by atoms with Crippen molar-refractivity contribution in [1.82, 2.24) is 0 Å². The van der Waals surface area contributed by atoms with E-state index in [0.717, 1.165) is 23.3 Å². The Labute approximate surface area is 150 Å². The van der Waals surface area contributed by atoms with Crippen LogP contribution >= 0.6 is 0 Å². The van der Waals surface area contributed by atoms with Gasteiger partial charge in [-0.25, -0.2) is 0 Å². The highest BCUT2D eigenvalue weighted by Gasteiger charge is 2.16. The van der Waals surface area contributed by atoms with Gasteiger partial charge >= 0.3 is 0 Å². The van der Waals surface area contributed by atoms with Crippen LogP contribution in [0.5, 0.6) is 0 Å². The summed E-state index contributed by atoms with van der Waals surface area (Å²) in [5.74, 6) is 0.620. The molecule has 2 nitrogen and oxygen atoms in total. The van der Waals surface area contributed by atoms with Crippen molar-refractivity contribution < 1.29 is 4.74 Å². The Hall–Kier alpha value is -2.87. The number of aliphatic imine (C=N–C) groups is 1. The third kappa shape index (κ3) is 5.92. The minimum atomic E-state index is -0.0291. The predicted octanol–water partition coefficient (Wildman–Crippen LogP) is 6.05. The van der Waals surface area contributed by atoms with Crippen LogP contribution in [0.15, 0.2) is 102 Å². The molecule has 0 fully saturated rings. The molecule has 0 radical (unpaired) electrons. The third-order valence-corrected chi connectivity index (χ3v) is 3.79. The summed E-state index contributed by atoms with van der Waals surface area (Å²) >= 11 is 0. The smallest absolute Gasteiger partial charge is 0.112 e. The van der Waals surface area contributed by atoms with E-state index in [1.807, 2.05) is 56.5 Å². The van der Waals surface area contributed by atoms with Gasteiger partial charge in [-0.2, -0.15) is 0 Å². The average Bonchev–Trinajstić information content (AvgIpc) is 2.62. The highest BCUT2D eigenvalue weighted by Crippen LogP contribution is 2.30. The molecular formula is C23H25NO. The molecule has 1 atom stereocenters. The number of rotatable bonds is 8. The molecular weight excluding hydrogens is 306 g/mol. The molecule has 2 rings (SSSR count). The van der Waals surface area contributed by atoms with Gasteiger partial charge in [-0.05, 0) is 25.0 Å². The van der Waals surface area contributed by atoms with Gasteiger partial charge in [0.15, 0.2) is 0 Å². The van der Waals surface area contributed by atoms with Crippen molar-refractivity contribution >= 4 is 6.21 Å². The molecule has 0 bridgehead atoms. The zero-order chi connectivity index (χ0) is 18.1. The zero-order valence-electron chi connectivity index (χ0n) is 15.0. The van der Waals surface area contributed by atoms with E-state index in [2.05, 4.69) is 42.4 Å². The average molecular weight is 331 g/mol. The molecule has 0 heterocycles. The van der Waals surface area contributed by atoms with E-state index in [0.29, 0.717) is 5.76 Å². The molecule has 0 spiro atoms. The molecule has 0 aliphatic rings. The van der Waals surface area contributed by atoms with Crippen molar-refractivity contribution in [2.24, 2.45) is 4.99 Å². The monoisotopic (exact) mass is 331 g/mol. The van der Waals surface area contributed by atoms with Crippen molar-refractivity contribution in [3.63, 3.8) is 0 Å². The van der Waals surface area contributed by atoms with Crippen molar-refractivity contribution in [2.45, 2.75) is 26.2 Å². The fraction of sp³-hybridized carbons (Fsp3) is 0.174. The molecule has 0 aliphatic carbocycles. The Morgan fingerprint density at radius 3 is 2.20 bits per heavy atom. The van der Waals surface area contributed by atoms with Crippen LogP contribution in [0.3, 0.4) is 0 Å². The Bertz CT molecular complexity index is 757. The molecule has 25 heavy (non-hydrogen) atoms. The summed E-state index contributed by atoms with van der Waals surface area (Å²) in [6.45, 7) is 12.0. The topological polar surface area (TPSA) is 21.6 Å². The van der Waals surface area contributed by atoms with Crippen LogP contribution in [0.1, 0.15) is 30.9 Å². The molecule has 0 aromatic heterocycles. The normalized spacial score (nSPS) is 12.8. The molecule has 0 aliphatic heterocycles. The molecule has 0 saturated carbocycles. The lowest BCUT2D eigenvalue weighted by molar-refractivity contribution is 0.325. The summed E-state index contributed by atoms with van der Waals surface area (Å²) in [6.07, 6.45) is 4.33. The van der Waals surface area contributed by atoms with Crippen molar-refractivity contribution in [2.75, 3.05) is 0 Å². The van der Waals surface area contributed by atoms with Gasteiger partial charge in [0.25, 0.3) is 0 Å². The van der Waals surface area contributed by atoms with Crippen LogP contribution in [-0.2, 0) is 11.2 Å². The largest absolute Gasteiger partial charge is 0.467 e. The molecule has 0 amide bonds. The van der Waals surface area contributed by atoms with E-state index >= 15 is 0 Å². The van der Waals surface area contributed by atoms with Gasteiger partial charge in [0.05, 0.1) is 11.6 Å². The summed E-state index contributed by atoms with van der Waals surface area (Å²) in [6, 6.07) is 20.4. The second-order valence-corrected chi connectivity index (χ2v) is 6.03. The third-order valence-electron chi connectivity index (χ3n) is 3.79. The lowest BCUT2D eigenvalue weighted by Gasteiger charge is -2.19.